The monoisotopic (exact) mass is 621 g/mol. The molecule has 1 N–H and O–H groups in total. The summed E-state index contributed by atoms with van der Waals surface area (Å²) in [6.07, 6.45) is -0.0407. The van der Waals surface area contributed by atoms with E-state index in [1.54, 1.807) is 30.3 Å². The summed E-state index contributed by atoms with van der Waals surface area (Å²) in [6, 6.07) is 15.6. The summed E-state index contributed by atoms with van der Waals surface area (Å²) in [5.41, 5.74) is 1.63. The van der Waals surface area contributed by atoms with E-state index in [-0.39, 0.29) is 57.8 Å². The van der Waals surface area contributed by atoms with Crippen LogP contribution in [0.3, 0.4) is 0 Å². The standard InChI is InChI=1S/C33H27ClF3N3O4/c1-33(2)17-43-16-29(33)40-28-12-19(32(41)42)7-9-27(28)38-30(40)13-20-11-24(36)21(14-23(20)35)26-4-3-5-31(39-26)44-15-18-6-8-22(34)25(37)10-18/h3-12,14,29H,13,15-17H2,1-2H3,(H,41,42). The highest BCUT2D eigenvalue weighted by molar-refractivity contribution is 6.30. The molecule has 226 valence electrons. The van der Waals surface area contributed by atoms with Crippen LogP contribution >= 0.6 is 11.6 Å². The summed E-state index contributed by atoms with van der Waals surface area (Å²) < 4.78 is 58.2. The number of benzene rings is 3. The van der Waals surface area contributed by atoms with Crippen molar-refractivity contribution in [1.29, 1.82) is 0 Å². The highest BCUT2D eigenvalue weighted by Crippen LogP contribution is 2.40. The zero-order valence-electron chi connectivity index (χ0n) is 23.8. The van der Waals surface area contributed by atoms with Crippen molar-refractivity contribution in [3.8, 4) is 17.1 Å². The fraction of sp³-hybridized carbons (Fsp3) is 0.242. The Morgan fingerprint density at radius 3 is 2.59 bits per heavy atom. The van der Waals surface area contributed by atoms with Gasteiger partial charge in [0.2, 0.25) is 5.88 Å². The number of ether oxygens (including phenoxy) is 2. The van der Waals surface area contributed by atoms with Crippen molar-refractivity contribution >= 4 is 28.6 Å². The molecule has 11 heteroatoms. The quantitative estimate of drug-likeness (QED) is 0.192. The predicted molar refractivity (Wildman–Crippen MR) is 158 cm³/mol. The molecule has 2 aromatic heterocycles. The first kappa shape index (κ1) is 29.7. The van der Waals surface area contributed by atoms with Gasteiger partial charge >= 0.3 is 5.97 Å². The Bertz CT molecular complexity index is 1910. The molecule has 3 heterocycles. The molecule has 5 aromatic rings. The Hall–Kier alpha value is -4.41. The van der Waals surface area contributed by atoms with Gasteiger partial charge in [-0.3, -0.25) is 0 Å². The van der Waals surface area contributed by atoms with E-state index in [0.29, 0.717) is 35.6 Å². The molecule has 1 unspecified atom stereocenters. The maximum absolute atomic E-state index is 15.6. The van der Waals surface area contributed by atoms with Crippen molar-refractivity contribution in [1.82, 2.24) is 14.5 Å². The van der Waals surface area contributed by atoms with Gasteiger partial charge in [0.15, 0.2) is 0 Å². The molecule has 1 saturated heterocycles. The van der Waals surface area contributed by atoms with Crippen LogP contribution in [0, 0.1) is 22.9 Å². The third-order valence-corrected chi connectivity index (χ3v) is 8.13. The van der Waals surface area contributed by atoms with Crippen LogP contribution in [0.1, 0.15) is 47.2 Å². The number of carboxylic acids is 1. The lowest BCUT2D eigenvalue weighted by Crippen LogP contribution is -2.27. The van der Waals surface area contributed by atoms with Gasteiger partial charge < -0.3 is 19.1 Å². The van der Waals surface area contributed by atoms with Crippen LogP contribution in [0.15, 0.2) is 66.7 Å². The second kappa shape index (κ2) is 11.6. The normalized spacial score (nSPS) is 16.0. The van der Waals surface area contributed by atoms with Crippen LogP contribution in [-0.4, -0.2) is 38.8 Å². The fourth-order valence-corrected chi connectivity index (χ4v) is 5.57. The third-order valence-electron chi connectivity index (χ3n) is 7.83. The first-order chi connectivity index (χ1) is 21.0. The largest absolute Gasteiger partial charge is 0.478 e. The van der Waals surface area contributed by atoms with E-state index in [9.17, 15) is 14.3 Å². The number of aromatic carboxylic acids is 1. The Labute approximate surface area is 255 Å². The lowest BCUT2D eigenvalue weighted by molar-refractivity contribution is 0.0697. The second-order valence-electron chi connectivity index (χ2n) is 11.4. The summed E-state index contributed by atoms with van der Waals surface area (Å²) in [6.45, 7) is 4.93. The summed E-state index contributed by atoms with van der Waals surface area (Å²) in [5, 5.41) is 9.57. The van der Waals surface area contributed by atoms with Crippen LogP contribution in [0.2, 0.25) is 5.02 Å². The van der Waals surface area contributed by atoms with Gasteiger partial charge in [-0.25, -0.2) is 27.9 Å². The van der Waals surface area contributed by atoms with E-state index in [2.05, 4.69) is 4.98 Å². The highest BCUT2D eigenvalue weighted by atomic mass is 35.5. The van der Waals surface area contributed by atoms with Gasteiger partial charge in [-0.1, -0.05) is 37.6 Å². The van der Waals surface area contributed by atoms with E-state index in [4.69, 9.17) is 26.1 Å². The maximum atomic E-state index is 15.6. The molecular formula is C33H27ClF3N3O4. The van der Waals surface area contributed by atoms with E-state index >= 15 is 8.78 Å². The molecule has 1 atom stereocenters. The third kappa shape index (κ3) is 5.75. The molecule has 1 aliphatic heterocycles. The molecular weight excluding hydrogens is 595 g/mol. The van der Waals surface area contributed by atoms with Gasteiger partial charge in [0, 0.05) is 23.5 Å². The molecule has 0 amide bonds. The van der Waals surface area contributed by atoms with E-state index < -0.39 is 23.4 Å². The zero-order valence-corrected chi connectivity index (χ0v) is 24.5. The van der Waals surface area contributed by atoms with Crippen LogP contribution in [0.5, 0.6) is 5.88 Å². The molecule has 3 aromatic carbocycles. The smallest absolute Gasteiger partial charge is 0.335 e. The minimum absolute atomic E-state index is 0.00186. The minimum atomic E-state index is -1.08. The SMILES string of the molecule is CC1(C)COCC1n1c(Cc2cc(F)c(-c3cccc(OCc4ccc(Cl)c(F)c4)n3)cc2F)nc2ccc(C(=O)O)cc21. The number of rotatable bonds is 8. The highest BCUT2D eigenvalue weighted by Gasteiger charge is 2.39. The molecule has 1 aliphatic rings. The molecule has 7 nitrogen and oxygen atoms in total. The number of carboxylic acid groups (broad SMARTS) is 1. The van der Waals surface area contributed by atoms with Gasteiger partial charge in [-0.2, -0.15) is 0 Å². The number of aromatic nitrogens is 3. The van der Waals surface area contributed by atoms with Gasteiger partial charge in [0.05, 0.1) is 46.6 Å². The molecule has 0 radical (unpaired) electrons. The van der Waals surface area contributed by atoms with Crippen molar-refractivity contribution in [2.24, 2.45) is 5.41 Å². The Morgan fingerprint density at radius 2 is 1.86 bits per heavy atom. The lowest BCUT2D eigenvalue weighted by atomic mass is 9.87. The molecule has 0 spiro atoms. The Morgan fingerprint density at radius 1 is 1.05 bits per heavy atom. The average Bonchev–Trinajstić information content (AvgIpc) is 3.52. The van der Waals surface area contributed by atoms with Crippen molar-refractivity contribution < 1.29 is 32.5 Å². The molecule has 0 bridgehead atoms. The van der Waals surface area contributed by atoms with Crippen LogP contribution < -0.4 is 4.74 Å². The van der Waals surface area contributed by atoms with E-state index in [1.165, 1.54) is 24.3 Å². The number of hydrogen-bond donors (Lipinski definition) is 1. The van der Waals surface area contributed by atoms with Crippen LogP contribution in [0.25, 0.3) is 22.3 Å². The van der Waals surface area contributed by atoms with Crippen molar-refractivity contribution in [2.75, 3.05) is 13.2 Å². The number of imidazole rings is 1. The topological polar surface area (TPSA) is 86.5 Å². The van der Waals surface area contributed by atoms with Gasteiger partial charge in [0.25, 0.3) is 0 Å². The lowest BCUT2D eigenvalue weighted by Gasteiger charge is -2.28. The summed E-state index contributed by atoms with van der Waals surface area (Å²) in [4.78, 5) is 20.7. The maximum Gasteiger partial charge on any atom is 0.335 e. The average molecular weight is 622 g/mol. The van der Waals surface area contributed by atoms with Gasteiger partial charge in [-0.15, -0.1) is 0 Å². The van der Waals surface area contributed by atoms with Gasteiger partial charge in [-0.05, 0) is 59.7 Å². The Balaban J connectivity index is 1.31. The number of fused-ring (bicyclic) bond motifs is 1. The number of pyridine rings is 1. The van der Waals surface area contributed by atoms with E-state index in [1.807, 2.05) is 18.4 Å². The summed E-state index contributed by atoms with van der Waals surface area (Å²) >= 11 is 5.73. The predicted octanol–water partition coefficient (Wildman–Crippen LogP) is 7.63. The van der Waals surface area contributed by atoms with Crippen molar-refractivity contribution in [3.05, 3.63) is 112 Å². The number of carbonyl (C=O) groups is 1. The molecule has 0 saturated carbocycles. The number of nitrogens with zero attached hydrogens (tertiary/aromatic N) is 3. The minimum Gasteiger partial charge on any atom is -0.478 e. The summed E-state index contributed by atoms with van der Waals surface area (Å²) in [7, 11) is 0. The zero-order chi connectivity index (χ0) is 31.2. The molecule has 44 heavy (non-hydrogen) atoms. The van der Waals surface area contributed by atoms with E-state index in [0.717, 1.165) is 12.1 Å². The van der Waals surface area contributed by atoms with Crippen LogP contribution in [-0.2, 0) is 17.8 Å². The molecule has 6 rings (SSSR count). The fourth-order valence-electron chi connectivity index (χ4n) is 5.45. The van der Waals surface area contributed by atoms with Crippen LogP contribution in [0.4, 0.5) is 13.2 Å². The van der Waals surface area contributed by atoms with Crippen molar-refractivity contribution in [2.45, 2.75) is 32.9 Å². The summed E-state index contributed by atoms with van der Waals surface area (Å²) in [5.74, 6) is -2.38. The van der Waals surface area contributed by atoms with Gasteiger partial charge in [0.1, 0.15) is 29.9 Å². The molecule has 0 aliphatic carbocycles. The number of hydrogen-bond acceptors (Lipinski definition) is 5. The first-order valence-electron chi connectivity index (χ1n) is 13.8. The van der Waals surface area contributed by atoms with Crippen molar-refractivity contribution in [3.63, 3.8) is 0 Å². The Kier molecular flexibility index (Phi) is 7.81. The number of halogens is 4. The molecule has 1 fully saturated rings. The second-order valence-corrected chi connectivity index (χ2v) is 11.8. The first-order valence-corrected chi connectivity index (χ1v) is 14.2.